The van der Waals surface area contributed by atoms with Gasteiger partial charge in [-0.2, -0.15) is 4.98 Å². The largest absolute Gasteiger partial charge is 0.375 e. The van der Waals surface area contributed by atoms with Crippen LogP contribution in [-0.4, -0.2) is 49.3 Å². The first-order valence-corrected chi connectivity index (χ1v) is 7.12. The van der Waals surface area contributed by atoms with Gasteiger partial charge in [0.15, 0.2) is 5.82 Å². The summed E-state index contributed by atoms with van der Waals surface area (Å²) < 4.78 is 34.0. The highest BCUT2D eigenvalue weighted by molar-refractivity contribution is 7.88. The lowest BCUT2D eigenvalue weighted by atomic mass is 10.1. The molecule has 1 aromatic heterocycles. The van der Waals surface area contributed by atoms with Crippen molar-refractivity contribution in [2.24, 2.45) is 0 Å². The van der Waals surface area contributed by atoms with Crippen molar-refractivity contribution in [1.29, 1.82) is 0 Å². The van der Waals surface area contributed by atoms with Gasteiger partial charge in [-0.3, -0.25) is 0 Å². The number of sulfonamides is 1. The molecule has 0 aromatic carbocycles. The molecule has 2 heterocycles. The Hall–Kier alpha value is -0.990. The topological polar surface area (TPSA) is 85.5 Å². The highest BCUT2D eigenvalue weighted by atomic mass is 32.2. The van der Waals surface area contributed by atoms with E-state index in [-0.39, 0.29) is 12.5 Å². The Morgan fingerprint density at radius 1 is 1.59 bits per heavy atom. The lowest BCUT2D eigenvalue weighted by Gasteiger charge is -2.11. The highest BCUT2D eigenvalue weighted by Gasteiger charge is 2.32. The fourth-order valence-corrected chi connectivity index (χ4v) is 2.74. The van der Waals surface area contributed by atoms with Crippen LogP contribution in [-0.2, 0) is 21.4 Å². The lowest BCUT2D eigenvalue weighted by molar-refractivity contribution is 0.151. The average molecular weight is 261 g/mol. The molecule has 1 aliphatic rings. The van der Waals surface area contributed by atoms with Crippen molar-refractivity contribution in [3.63, 3.8) is 0 Å². The van der Waals surface area contributed by atoms with Crippen LogP contribution in [0.3, 0.4) is 0 Å². The van der Waals surface area contributed by atoms with Crippen molar-refractivity contribution < 1.29 is 17.7 Å². The zero-order chi connectivity index (χ0) is 12.5. The first-order valence-electron chi connectivity index (χ1n) is 5.27. The van der Waals surface area contributed by atoms with Gasteiger partial charge in [-0.1, -0.05) is 5.16 Å². The van der Waals surface area contributed by atoms with Crippen molar-refractivity contribution in [3.8, 4) is 0 Å². The van der Waals surface area contributed by atoms with E-state index in [1.165, 1.54) is 10.6 Å². The van der Waals surface area contributed by atoms with Gasteiger partial charge in [0.1, 0.15) is 6.61 Å². The molecule has 0 N–H and O–H groups in total. The van der Waals surface area contributed by atoms with Crippen LogP contribution in [0.2, 0.25) is 0 Å². The molecule has 8 heteroatoms. The van der Waals surface area contributed by atoms with E-state index in [1.807, 2.05) is 0 Å². The number of nitrogens with zero attached hydrogens (tertiary/aromatic N) is 3. The predicted molar refractivity (Wildman–Crippen MR) is 58.8 cm³/mol. The third-order valence-electron chi connectivity index (χ3n) is 2.74. The van der Waals surface area contributed by atoms with Gasteiger partial charge in [-0.15, -0.1) is 0 Å². The summed E-state index contributed by atoms with van der Waals surface area (Å²) in [6.45, 7) is 1.21. The second-order valence-electron chi connectivity index (χ2n) is 4.09. The molecule has 0 saturated carbocycles. The Kier molecular flexibility index (Phi) is 3.45. The molecule has 17 heavy (non-hydrogen) atoms. The maximum absolute atomic E-state index is 11.4. The van der Waals surface area contributed by atoms with Gasteiger partial charge in [0.05, 0.1) is 6.26 Å². The molecule has 0 amide bonds. The van der Waals surface area contributed by atoms with Crippen molar-refractivity contribution in [3.05, 3.63) is 11.7 Å². The number of ether oxygens (including phenoxy) is 1. The van der Waals surface area contributed by atoms with E-state index in [4.69, 9.17) is 9.26 Å². The first kappa shape index (κ1) is 12.5. The molecule has 1 atom stereocenters. The van der Waals surface area contributed by atoms with Crippen LogP contribution in [0.4, 0.5) is 0 Å². The average Bonchev–Trinajstić information content (AvgIpc) is 2.82. The molecule has 1 aromatic rings. The smallest absolute Gasteiger partial charge is 0.252 e. The fourth-order valence-electron chi connectivity index (χ4n) is 1.86. The minimum Gasteiger partial charge on any atom is -0.375 e. The van der Waals surface area contributed by atoms with Gasteiger partial charge in [0.25, 0.3) is 5.89 Å². The summed E-state index contributed by atoms with van der Waals surface area (Å²) in [5, 5.41) is 3.85. The molecule has 1 saturated heterocycles. The van der Waals surface area contributed by atoms with Crippen LogP contribution in [0.25, 0.3) is 0 Å². The summed E-state index contributed by atoms with van der Waals surface area (Å²) in [7, 11) is -1.58. The Labute approximate surface area is 99.8 Å². The minimum absolute atomic E-state index is 0.0130. The molecule has 2 rings (SSSR count). The predicted octanol–water partition coefficient (Wildman–Crippen LogP) is -0.0351. The number of hydrogen-bond acceptors (Lipinski definition) is 6. The van der Waals surface area contributed by atoms with Crippen molar-refractivity contribution >= 4 is 10.0 Å². The summed E-state index contributed by atoms with van der Waals surface area (Å²) in [4.78, 5) is 4.17. The van der Waals surface area contributed by atoms with Crippen LogP contribution in [0, 0.1) is 0 Å². The van der Waals surface area contributed by atoms with E-state index in [2.05, 4.69) is 10.1 Å². The Morgan fingerprint density at radius 2 is 2.35 bits per heavy atom. The number of aromatic nitrogens is 2. The molecule has 0 bridgehead atoms. The maximum Gasteiger partial charge on any atom is 0.252 e. The minimum atomic E-state index is -3.12. The van der Waals surface area contributed by atoms with Gasteiger partial charge in [-0.05, 0) is 6.42 Å². The van der Waals surface area contributed by atoms with E-state index < -0.39 is 10.0 Å². The fraction of sp³-hybridized carbons (Fsp3) is 0.778. The normalized spacial score (nSPS) is 22.1. The molecule has 96 valence electrons. The molecule has 0 aliphatic carbocycles. The van der Waals surface area contributed by atoms with E-state index in [0.29, 0.717) is 24.8 Å². The molecule has 1 aliphatic heterocycles. The maximum atomic E-state index is 11.4. The molecular weight excluding hydrogens is 246 g/mol. The molecular formula is C9H15N3O4S. The lowest BCUT2D eigenvalue weighted by Crippen LogP contribution is -2.27. The second-order valence-corrected chi connectivity index (χ2v) is 6.07. The van der Waals surface area contributed by atoms with Gasteiger partial charge in [0.2, 0.25) is 10.0 Å². The number of rotatable bonds is 4. The molecule has 1 unspecified atom stereocenters. The standard InChI is InChI=1S/C9H15N3O4S/c1-15-6-8-10-9(11-16-8)7-3-4-12(5-7)17(2,13)14/h7H,3-6H2,1-2H3. The van der Waals surface area contributed by atoms with E-state index >= 15 is 0 Å². The molecule has 7 nitrogen and oxygen atoms in total. The summed E-state index contributed by atoms with van der Waals surface area (Å²) in [5.41, 5.74) is 0. The molecule has 1 fully saturated rings. The van der Waals surface area contributed by atoms with Crippen molar-refractivity contribution in [2.45, 2.75) is 18.9 Å². The first-order chi connectivity index (χ1) is 8.00. The summed E-state index contributed by atoms with van der Waals surface area (Å²) in [6, 6.07) is 0. The third kappa shape index (κ3) is 2.82. The summed E-state index contributed by atoms with van der Waals surface area (Å²) in [5.74, 6) is 0.989. The second kappa shape index (κ2) is 4.71. The van der Waals surface area contributed by atoms with Crippen LogP contribution in [0.5, 0.6) is 0 Å². The van der Waals surface area contributed by atoms with Crippen LogP contribution >= 0.6 is 0 Å². The Morgan fingerprint density at radius 3 is 2.94 bits per heavy atom. The van der Waals surface area contributed by atoms with Gasteiger partial charge in [-0.25, -0.2) is 12.7 Å². The molecule has 0 spiro atoms. The van der Waals surface area contributed by atoms with Crippen LogP contribution < -0.4 is 0 Å². The number of hydrogen-bond donors (Lipinski definition) is 0. The summed E-state index contributed by atoms with van der Waals surface area (Å²) in [6.07, 6.45) is 1.93. The van der Waals surface area contributed by atoms with Crippen LogP contribution in [0.15, 0.2) is 4.52 Å². The van der Waals surface area contributed by atoms with Crippen LogP contribution in [0.1, 0.15) is 24.1 Å². The van der Waals surface area contributed by atoms with Crippen molar-refractivity contribution in [1.82, 2.24) is 14.4 Å². The third-order valence-corrected chi connectivity index (χ3v) is 4.01. The van der Waals surface area contributed by atoms with Gasteiger partial charge in [0, 0.05) is 26.1 Å². The van der Waals surface area contributed by atoms with E-state index in [1.54, 1.807) is 7.11 Å². The Bertz CT molecular complexity index is 484. The number of methoxy groups -OCH3 is 1. The van der Waals surface area contributed by atoms with E-state index in [0.717, 1.165) is 6.42 Å². The van der Waals surface area contributed by atoms with Crippen molar-refractivity contribution in [2.75, 3.05) is 26.5 Å². The summed E-state index contributed by atoms with van der Waals surface area (Å²) >= 11 is 0. The highest BCUT2D eigenvalue weighted by Crippen LogP contribution is 2.26. The SMILES string of the molecule is COCc1nc(C2CCN(S(C)(=O)=O)C2)no1. The zero-order valence-corrected chi connectivity index (χ0v) is 10.6. The van der Waals surface area contributed by atoms with E-state index in [9.17, 15) is 8.42 Å². The molecule has 0 radical (unpaired) electrons. The Balaban J connectivity index is 2.05. The zero-order valence-electron chi connectivity index (χ0n) is 9.79. The van der Waals surface area contributed by atoms with Gasteiger partial charge >= 0.3 is 0 Å². The monoisotopic (exact) mass is 261 g/mol. The quantitative estimate of drug-likeness (QED) is 0.756. The van der Waals surface area contributed by atoms with Gasteiger partial charge < -0.3 is 9.26 Å².